The van der Waals surface area contributed by atoms with Crippen LogP contribution >= 0.6 is 11.6 Å². The van der Waals surface area contributed by atoms with Gasteiger partial charge in [-0.2, -0.15) is 0 Å². The van der Waals surface area contributed by atoms with E-state index < -0.39 is 0 Å². The van der Waals surface area contributed by atoms with Crippen molar-refractivity contribution in [1.82, 2.24) is 4.98 Å². The van der Waals surface area contributed by atoms with Crippen LogP contribution in [-0.4, -0.2) is 24.0 Å². The van der Waals surface area contributed by atoms with Crippen molar-refractivity contribution in [3.8, 4) is 0 Å². The maximum Gasteiger partial charge on any atom is 0.168 e. The summed E-state index contributed by atoms with van der Waals surface area (Å²) in [6, 6.07) is 6.08. The standard InChI is InChI=1S/C16H18ClNO2/c17-12-1-2-13-14(10-18-15(13)9-12)11-3-5-16(6-4-11)19-7-8-20-16/h1-2,9-11,18H,3-8H2. The fraction of sp³-hybridized carbons (Fsp3) is 0.500. The molecule has 0 atom stereocenters. The Hall–Kier alpha value is -1.03. The highest BCUT2D eigenvalue weighted by atomic mass is 35.5. The van der Waals surface area contributed by atoms with Crippen LogP contribution in [-0.2, 0) is 9.47 Å². The lowest BCUT2D eigenvalue weighted by molar-refractivity contribution is -0.178. The van der Waals surface area contributed by atoms with Gasteiger partial charge in [-0.05, 0) is 36.5 Å². The van der Waals surface area contributed by atoms with Crippen molar-refractivity contribution in [2.45, 2.75) is 37.4 Å². The molecule has 1 saturated heterocycles. The van der Waals surface area contributed by atoms with E-state index in [0.29, 0.717) is 5.92 Å². The van der Waals surface area contributed by atoms with Crippen LogP contribution in [0.15, 0.2) is 24.4 Å². The molecule has 4 rings (SSSR count). The molecule has 4 heteroatoms. The number of hydrogen-bond acceptors (Lipinski definition) is 2. The maximum atomic E-state index is 6.04. The van der Waals surface area contributed by atoms with Crippen molar-refractivity contribution < 1.29 is 9.47 Å². The molecule has 0 unspecified atom stereocenters. The van der Waals surface area contributed by atoms with Gasteiger partial charge < -0.3 is 14.5 Å². The van der Waals surface area contributed by atoms with E-state index in [1.54, 1.807) is 0 Å². The Kier molecular flexibility index (Phi) is 3.02. The number of aromatic amines is 1. The highest BCUT2D eigenvalue weighted by Gasteiger charge is 2.40. The number of fused-ring (bicyclic) bond motifs is 1. The lowest BCUT2D eigenvalue weighted by atomic mass is 9.81. The summed E-state index contributed by atoms with van der Waals surface area (Å²) in [6.45, 7) is 1.49. The van der Waals surface area contributed by atoms with Gasteiger partial charge in [0.05, 0.1) is 13.2 Å². The molecule has 20 heavy (non-hydrogen) atoms. The average Bonchev–Trinajstić information content (AvgIpc) is 3.07. The van der Waals surface area contributed by atoms with Gasteiger partial charge in [0.15, 0.2) is 5.79 Å². The number of aromatic nitrogens is 1. The molecule has 1 spiro atoms. The van der Waals surface area contributed by atoms with Crippen LogP contribution in [0.1, 0.15) is 37.2 Å². The minimum Gasteiger partial charge on any atom is -0.361 e. The zero-order chi connectivity index (χ0) is 13.6. The van der Waals surface area contributed by atoms with E-state index in [4.69, 9.17) is 21.1 Å². The number of benzene rings is 1. The number of H-pyrrole nitrogens is 1. The number of hydrogen-bond donors (Lipinski definition) is 1. The quantitative estimate of drug-likeness (QED) is 0.853. The second kappa shape index (κ2) is 4.76. The van der Waals surface area contributed by atoms with Crippen molar-refractivity contribution in [3.63, 3.8) is 0 Å². The lowest BCUT2D eigenvalue weighted by Gasteiger charge is -2.35. The Morgan fingerprint density at radius 3 is 2.65 bits per heavy atom. The van der Waals surface area contributed by atoms with Gasteiger partial charge in [0.2, 0.25) is 0 Å². The summed E-state index contributed by atoms with van der Waals surface area (Å²) >= 11 is 6.04. The van der Waals surface area contributed by atoms with E-state index in [9.17, 15) is 0 Å². The summed E-state index contributed by atoms with van der Waals surface area (Å²) in [5, 5.41) is 2.07. The Balaban J connectivity index is 1.58. The molecule has 1 aliphatic carbocycles. The number of ether oxygens (including phenoxy) is 2. The molecule has 1 N–H and O–H groups in total. The first-order valence-corrected chi connectivity index (χ1v) is 7.68. The normalized spacial score (nSPS) is 22.9. The summed E-state index contributed by atoms with van der Waals surface area (Å²) in [5.74, 6) is 0.315. The Bertz CT molecular complexity index is 620. The van der Waals surface area contributed by atoms with Crippen LogP contribution in [0.2, 0.25) is 5.02 Å². The fourth-order valence-corrected chi connectivity index (χ4v) is 3.79. The van der Waals surface area contributed by atoms with Gasteiger partial charge in [-0.3, -0.25) is 0 Å². The Morgan fingerprint density at radius 1 is 1.15 bits per heavy atom. The predicted molar refractivity (Wildman–Crippen MR) is 79.2 cm³/mol. The van der Waals surface area contributed by atoms with Gasteiger partial charge in [0, 0.05) is 35.0 Å². The molecule has 106 valence electrons. The monoisotopic (exact) mass is 291 g/mol. The minimum absolute atomic E-state index is 0.272. The van der Waals surface area contributed by atoms with E-state index in [-0.39, 0.29) is 5.79 Å². The molecule has 3 nitrogen and oxygen atoms in total. The first-order valence-electron chi connectivity index (χ1n) is 7.30. The van der Waals surface area contributed by atoms with Crippen LogP contribution in [0, 0.1) is 0 Å². The van der Waals surface area contributed by atoms with Gasteiger partial charge in [-0.1, -0.05) is 17.7 Å². The summed E-state index contributed by atoms with van der Waals surface area (Å²) < 4.78 is 11.6. The average molecular weight is 292 g/mol. The molecule has 0 amide bonds. The van der Waals surface area contributed by atoms with Crippen molar-refractivity contribution in [1.29, 1.82) is 0 Å². The van der Waals surface area contributed by atoms with Crippen LogP contribution in [0.5, 0.6) is 0 Å². The van der Waals surface area contributed by atoms with Gasteiger partial charge in [-0.15, -0.1) is 0 Å². The number of halogens is 1. The van der Waals surface area contributed by atoms with Gasteiger partial charge in [0.25, 0.3) is 0 Å². The van der Waals surface area contributed by atoms with Gasteiger partial charge in [-0.25, -0.2) is 0 Å². The van der Waals surface area contributed by atoms with Crippen molar-refractivity contribution in [2.24, 2.45) is 0 Å². The second-order valence-electron chi connectivity index (χ2n) is 5.82. The van der Waals surface area contributed by atoms with Crippen molar-refractivity contribution in [2.75, 3.05) is 13.2 Å². The Morgan fingerprint density at radius 2 is 1.90 bits per heavy atom. The van der Waals surface area contributed by atoms with Gasteiger partial charge in [0.1, 0.15) is 0 Å². The third-order valence-corrected chi connectivity index (χ3v) is 4.91. The molecule has 1 saturated carbocycles. The first-order chi connectivity index (χ1) is 9.76. The molecular formula is C16H18ClNO2. The molecule has 1 aromatic heterocycles. The topological polar surface area (TPSA) is 34.2 Å². The van der Waals surface area contributed by atoms with Crippen LogP contribution in [0.4, 0.5) is 0 Å². The third kappa shape index (κ3) is 2.05. The minimum atomic E-state index is -0.272. The largest absolute Gasteiger partial charge is 0.361 e. The summed E-state index contributed by atoms with van der Waals surface area (Å²) in [4.78, 5) is 3.34. The summed E-state index contributed by atoms with van der Waals surface area (Å²) in [5.41, 5.74) is 2.53. The third-order valence-electron chi connectivity index (χ3n) is 4.68. The van der Waals surface area contributed by atoms with Crippen molar-refractivity contribution in [3.05, 3.63) is 35.0 Å². The smallest absolute Gasteiger partial charge is 0.168 e. The first kappa shape index (κ1) is 12.7. The lowest BCUT2D eigenvalue weighted by Crippen LogP contribution is -2.34. The molecule has 1 aromatic carbocycles. The van der Waals surface area contributed by atoms with E-state index >= 15 is 0 Å². The van der Waals surface area contributed by atoms with Crippen molar-refractivity contribution >= 4 is 22.5 Å². The molecule has 2 aromatic rings. The van der Waals surface area contributed by atoms with E-state index in [1.807, 2.05) is 12.1 Å². The number of nitrogens with one attached hydrogen (secondary N) is 1. The zero-order valence-electron chi connectivity index (χ0n) is 11.3. The SMILES string of the molecule is Clc1ccc2c(C3CCC4(CC3)OCCO4)c[nH]c2c1. The van der Waals surface area contributed by atoms with Gasteiger partial charge >= 0.3 is 0 Å². The molecule has 2 aliphatic rings. The van der Waals surface area contributed by atoms with E-state index in [1.165, 1.54) is 10.9 Å². The predicted octanol–water partition coefficient (Wildman–Crippen LogP) is 4.22. The summed E-state index contributed by atoms with van der Waals surface area (Å²) in [7, 11) is 0. The molecule has 0 bridgehead atoms. The maximum absolute atomic E-state index is 6.04. The molecular weight excluding hydrogens is 274 g/mol. The van der Waals surface area contributed by atoms with E-state index in [2.05, 4.69) is 17.2 Å². The molecule has 2 heterocycles. The van der Waals surface area contributed by atoms with Crippen LogP contribution in [0.3, 0.4) is 0 Å². The second-order valence-corrected chi connectivity index (χ2v) is 6.25. The Labute approximate surface area is 123 Å². The molecule has 0 radical (unpaired) electrons. The number of rotatable bonds is 1. The summed E-state index contributed by atoms with van der Waals surface area (Å²) in [6.07, 6.45) is 6.38. The molecule has 2 fully saturated rings. The molecule has 1 aliphatic heterocycles. The fourth-order valence-electron chi connectivity index (χ4n) is 3.61. The van der Waals surface area contributed by atoms with Crippen LogP contribution in [0.25, 0.3) is 10.9 Å². The van der Waals surface area contributed by atoms with E-state index in [0.717, 1.165) is 49.4 Å². The highest BCUT2D eigenvalue weighted by molar-refractivity contribution is 6.31. The zero-order valence-corrected chi connectivity index (χ0v) is 12.1. The highest BCUT2D eigenvalue weighted by Crippen LogP contribution is 2.43. The van der Waals surface area contributed by atoms with Crippen LogP contribution < -0.4 is 0 Å².